The van der Waals surface area contributed by atoms with E-state index in [1.165, 1.54) is 0 Å². The van der Waals surface area contributed by atoms with Crippen molar-refractivity contribution in [2.45, 2.75) is 12.8 Å². The largest absolute Gasteiger partial charge is 0.492 e. The van der Waals surface area contributed by atoms with E-state index in [1.54, 1.807) is 0 Å². The highest BCUT2D eigenvalue weighted by Crippen LogP contribution is 2.29. The second-order valence-electron chi connectivity index (χ2n) is 4.13. The Labute approximate surface area is 110 Å². The quantitative estimate of drug-likeness (QED) is 0.797. The van der Waals surface area contributed by atoms with Crippen LogP contribution in [0.3, 0.4) is 0 Å². The van der Waals surface area contributed by atoms with Gasteiger partial charge in [0.1, 0.15) is 5.75 Å². The molecular formula is C14H15BrO2. The topological polar surface area (TPSA) is 18.5 Å². The first-order valence-electron chi connectivity index (χ1n) is 5.77. The summed E-state index contributed by atoms with van der Waals surface area (Å²) >= 11 is 3.47. The molecule has 0 saturated carbocycles. The number of rotatable bonds is 3. The molecular weight excluding hydrogens is 280 g/mol. The maximum Gasteiger partial charge on any atom is 0.134 e. The summed E-state index contributed by atoms with van der Waals surface area (Å²) in [5.41, 5.74) is 0.828. The number of ether oxygens (including phenoxy) is 2. The third-order valence-corrected chi connectivity index (χ3v) is 3.75. The van der Waals surface area contributed by atoms with Crippen molar-refractivity contribution in [1.29, 1.82) is 0 Å². The summed E-state index contributed by atoms with van der Waals surface area (Å²) in [4.78, 5) is 0. The van der Waals surface area contributed by atoms with Crippen LogP contribution in [0.15, 0.2) is 22.7 Å². The van der Waals surface area contributed by atoms with Gasteiger partial charge < -0.3 is 9.47 Å². The zero-order valence-electron chi connectivity index (χ0n) is 9.62. The zero-order valence-corrected chi connectivity index (χ0v) is 11.2. The lowest BCUT2D eigenvalue weighted by atomic mass is 10.0. The Morgan fingerprint density at radius 3 is 2.88 bits per heavy atom. The first kappa shape index (κ1) is 12.5. The van der Waals surface area contributed by atoms with Gasteiger partial charge >= 0.3 is 0 Å². The highest BCUT2D eigenvalue weighted by Gasteiger charge is 2.15. The Bertz CT molecular complexity index is 417. The van der Waals surface area contributed by atoms with Gasteiger partial charge in [0.15, 0.2) is 0 Å². The van der Waals surface area contributed by atoms with Crippen LogP contribution in [0, 0.1) is 18.3 Å². The summed E-state index contributed by atoms with van der Waals surface area (Å²) in [5, 5.41) is 0. The first-order valence-corrected chi connectivity index (χ1v) is 6.56. The van der Waals surface area contributed by atoms with Gasteiger partial charge in [-0.15, -0.1) is 6.42 Å². The van der Waals surface area contributed by atoms with Crippen LogP contribution in [0.4, 0.5) is 0 Å². The summed E-state index contributed by atoms with van der Waals surface area (Å²) in [6.07, 6.45) is 7.56. The molecule has 3 heteroatoms. The van der Waals surface area contributed by atoms with Crippen molar-refractivity contribution in [1.82, 2.24) is 0 Å². The van der Waals surface area contributed by atoms with E-state index in [9.17, 15) is 0 Å². The van der Waals surface area contributed by atoms with Gasteiger partial charge in [-0.3, -0.25) is 0 Å². The molecule has 0 radical (unpaired) electrons. The molecule has 17 heavy (non-hydrogen) atoms. The van der Waals surface area contributed by atoms with Crippen LogP contribution in [0.5, 0.6) is 5.75 Å². The molecule has 0 N–H and O–H groups in total. The van der Waals surface area contributed by atoms with Gasteiger partial charge in [0.05, 0.1) is 11.1 Å². The van der Waals surface area contributed by atoms with Crippen LogP contribution in [-0.4, -0.2) is 19.8 Å². The highest BCUT2D eigenvalue weighted by molar-refractivity contribution is 9.10. The molecule has 0 amide bonds. The van der Waals surface area contributed by atoms with Crippen LogP contribution in [0.2, 0.25) is 0 Å². The minimum absolute atomic E-state index is 0.588. The monoisotopic (exact) mass is 294 g/mol. The van der Waals surface area contributed by atoms with E-state index >= 15 is 0 Å². The third-order valence-electron chi connectivity index (χ3n) is 2.93. The molecule has 0 atom stereocenters. The molecule has 0 bridgehead atoms. The molecule has 1 fully saturated rings. The molecule has 90 valence electrons. The molecule has 1 aliphatic heterocycles. The molecule has 1 aromatic rings. The number of halogens is 1. The maximum absolute atomic E-state index is 5.82. The van der Waals surface area contributed by atoms with Gasteiger partial charge in [-0.1, -0.05) is 12.0 Å². The Morgan fingerprint density at radius 2 is 2.18 bits per heavy atom. The van der Waals surface area contributed by atoms with Crippen molar-refractivity contribution in [3.63, 3.8) is 0 Å². The average molecular weight is 295 g/mol. The number of benzene rings is 1. The fourth-order valence-electron chi connectivity index (χ4n) is 1.85. The lowest BCUT2D eigenvalue weighted by molar-refractivity contribution is 0.0496. The van der Waals surface area contributed by atoms with E-state index in [0.717, 1.165) is 48.4 Å². The Balaban J connectivity index is 1.96. The Kier molecular flexibility index (Phi) is 4.47. The molecule has 2 nitrogen and oxygen atoms in total. The van der Waals surface area contributed by atoms with Gasteiger partial charge in [-0.2, -0.15) is 0 Å². The standard InChI is InChI=1S/C14H15BrO2/c1-2-12-4-3-5-13(14(12)15)17-10-11-6-8-16-9-7-11/h1,3-5,11H,6-10H2. The third kappa shape index (κ3) is 3.24. The second-order valence-corrected chi connectivity index (χ2v) is 4.92. The van der Waals surface area contributed by atoms with Crippen LogP contribution in [0.1, 0.15) is 18.4 Å². The lowest BCUT2D eigenvalue weighted by Gasteiger charge is -2.22. The molecule has 1 aliphatic rings. The van der Waals surface area contributed by atoms with Crippen molar-refractivity contribution in [3.05, 3.63) is 28.2 Å². The highest BCUT2D eigenvalue weighted by atomic mass is 79.9. The number of hydrogen-bond acceptors (Lipinski definition) is 2. The molecule has 0 unspecified atom stereocenters. The number of hydrogen-bond donors (Lipinski definition) is 0. The van der Waals surface area contributed by atoms with Crippen LogP contribution in [-0.2, 0) is 4.74 Å². The predicted molar refractivity (Wildman–Crippen MR) is 71.1 cm³/mol. The molecule has 1 heterocycles. The number of terminal acetylenes is 1. The predicted octanol–water partition coefficient (Wildman–Crippen LogP) is 3.24. The maximum atomic E-state index is 5.82. The van der Waals surface area contributed by atoms with Crippen molar-refractivity contribution >= 4 is 15.9 Å². The molecule has 2 rings (SSSR count). The van der Waals surface area contributed by atoms with Gasteiger partial charge in [-0.05, 0) is 46.8 Å². The van der Waals surface area contributed by atoms with E-state index in [4.69, 9.17) is 15.9 Å². The fraction of sp³-hybridized carbons (Fsp3) is 0.429. The van der Waals surface area contributed by atoms with Crippen molar-refractivity contribution in [2.24, 2.45) is 5.92 Å². The summed E-state index contributed by atoms with van der Waals surface area (Å²) < 4.78 is 12.0. The van der Waals surface area contributed by atoms with Gasteiger partial charge in [0, 0.05) is 18.8 Å². The molecule has 0 spiro atoms. The minimum Gasteiger partial charge on any atom is -0.492 e. The van der Waals surface area contributed by atoms with Gasteiger partial charge in [-0.25, -0.2) is 0 Å². The minimum atomic E-state index is 0.588. The second kappa shape index (κ2) is 6.09. The van der Waals surface area contributed by atoms with Gasteiger partial charge in [0.2, 0.25) is 0 Å². The summed E-state index contributed by atoms with van der Waals surface area (Å²) in [7, 11) is 0. The van der Waals surface area contributed by atoms with E-state index in [-0.39, 0.29) is 0 Å². The normalized spacial score (nSPS) is 16.5. The summed E-state index contributed by atoms with van der Waals surface area (Å²) in [5.74, 6) is 4.04. The summed E-state index contributed by atoms with van der Waals surface area (Å²) in [6.45, 7) is 2.43. The zero-order chi connectivity index (χ0) is 12.1. The van der Waals surface area contributed by atoms with Crippen molar-refractivity contribution < 1.29 is 9.47 Å². The van der Waals surface area contributed by atoms with Gasteiger partial charge in [0.25, 0.3) is 0 Å². The molecule has 0 aromatic heterocycles. The van der Waals surface area contributed by atoms with E-state index in [1.807, 2.05) is 18.2 Å². The van der Waals surface area contributed by atoms with Crippen LogP contribution >= 0.6 is 15.9 Å². The Hall–Kier alpha value is -0.980. The molecule has 1 aromatic carbocycles. The lowest BCUT2D eigenvalue weighted by Crippen LogP contribution is -2.21. The van der Waals surface area contributed by atoms with E-state index in [2.05, 4.69) is 21.9 Å². The van der Waals surface area contributed by atoms with Crippen LogP contribution < -0.4 is 4.74 Å². The van der Waals surface area contributed by atoms with Crippen molar-refractivity contribution in [2.75, 3.05) is 19.8 Å². The fourth-order valence-corrected chi connectivity index (χ4v) is 2.35. The SMILES string of the molecule is C#Cc1cccc(OCC2CCOCC2)c1Br. The Morgan fingerprint density at radius 1 is 1.41 bits per heavy atom. The summed E-state index contributed by atoms with van der Waals surface area (Å²) in [6, 6.07) is 5.74. The van der Waals surface area contributed by atoms with E-state index < -0.39 is 0 Å². The van der Waals surface area contributed by atoms with Crippen LogP contribution in [0.25, 0.3) is 0 Å². The average Bonchev–Trinajstić information content (AvgIpc) is 2.39. The molecule has 1 saturated heterocycles. The molecule has 0 aliphatic carbocycles. The smallest absolute Gasteiger partial charge is 0.134 e. The first-order chi connectivity index (χ1) is 8.31. The van der Waals surface area contributed by atoms with Crippen molar-refractivity contribution in [3.8, 4) is 18.1 Å². The van der Waals surface area contributed by atoms with E-state index in [0.29, 0.717) is 5.92 Å².